The van der Waals surface area contributed by atoms with Gasteiger partial charge in [0.2, 0.25) is 0 Å². The Kier molecular flexibility index (Phi) is 6.27. The Morgan fingerprint density at radius 2 is 1.79 bits per heavy atom. The average molecular weight is 475 g/mol. The molecule has 0 saturated carbocycles. The van der Waals surface area contributed by atoms with Crippen molar-refractivity contribution in [2.24, 2.45) is 0 Å². The van der Waals surface area contributed by atoms with Crippen molar-refractivity contribution < 1.29 is 9.53 Å². The topological polar surface area (TPSA) is 76.4 Å². The Bertz CT molecular complexity index is 1260. The number of hydrogen-bond donors (Lipinski definition) is 0. The number of anilines is 1. The van der Waals surface area contributed by atoms with E-state index in [-0.39, 0.29) is 5.91 Å². The van der Waals surface area contributed by atoms with Crippen LogP contribution in [0.1, 0.15) is 22.3 Å². The number of aromatic nitrogens is 4. The van der Waals surface area contributed by atoms with E-state index in [1.54, 1.807) is 6.33 Å². The minimum absolute atomic E-state index is 0.0471. The van der Waals surface area contributed by atoms with E-state index in [0.29, 0.717) is 37.7 Å². The van der Waals surface area contributed by atoms with Gasteiger partial charge in [0.1, 0.15) is 22.8 Å². The predicted octanol–water partition coefficient (Wildman–Crippen LogP) is 4.06. The maximum Gasteiger partial charge on any atom is 0.266 e. The third kappa shape index (κ3) is 4.51. The summed E-state index contributed by atoms with van der Waals surface area (Å²) in [7, 11) is 0. The molecule has 0 N–H and O–H groups in total. The molecule has 1 aliphatic rings. The first-order chi connectivity index (χ1) is 16.6. The Hall–Kier alpha value is -3.72. The first kappa shape index (κ1) is 22.1. The first-order valence-electron chi connectivity index (χ1n) is 11.3. The van der Waals surface area contributed by atoms with E-state index < -0.39 is 0 Å². The molecule has 0 aliphatic carbocycles. The Balaban J connectivity index is 1.25. The lowest BCUT2D eigenvalue weighted by Gasteiger charge is -2.35. The van der Waals surface area contributed by atoms with Crippen molar-refractivity contribution in [2.75, 3.05) is 37.7 Å². The molecular formula is C25H26N6O2S. The highest BCUT2D eigenvalue weighted by Gasteiger charge is 2.26. The zero-order valence-corrected chi connectivity index (χ0v) is 20.0. The molecule has 0 spiro atoms. The number of hydrogen-bond acceptors (Lipinski definition) is 7. The molecule has 8 nitrogen and oxygen atoms in total. The predicted molar refractivity (Wildman–Crippen MR) is 133 cm³/mol. The summed E-state index contributed by atoms with van der Waals surface area (Å²) in [6.07, 6.45) is 5.48. The number of nitrogens with zero attached hydrogens (tertiary/aromatic N) is 6. The van der Waals surface area contributed by atoms with E-state index in [0.717, 1.165) is 33.7 Å². The fraction of sp³-hybridized carbons (Fsp3) is 0.280. The van der Waals surface area contributed by atoms with Gasteiger partial charge in [0, 0.05) is 50.2 Å². The molecule has 0 bridgehead atoms. The minimum Gasteiger partial charge on any atom is -0.494 e. The van der Waals surface area contributed by atoms with Gasteiger partial charge in [0.25, 0.3) is 5.91 Å². The largest absolute Gasteiger partial charge is 0.494 e. The summed E-state index contributed by atoms with van der Waals surface area (Å²) in [6.45, 7) is 7.21. The van der Waals surface area contributed by atoms with Gasteiger partial charge >= 0.3 is 0 Å². The van der Waals surface area contributed by atoms with E-state index in [1.165, 1.54) is 11.3 Å². The Morgan fingerprint density at radius 3 is 2.50 bits per heavy atom. The molecule has 1 aromatic carbocycles. The molecule has 5 rings (SSSR count). The van der Waals surface area contributed by atoms with E-state index in [1.807, 2.05) is 78.2 Å². The van der Waals surface area contributed by atoms with Gasteiger partial charge < -0.3 is 19.1 Å². The maximum absolute atomic E-state index is 13.2. The lowest BCUT2D eigenvalue weighted by molar-refractivity contribution is 0.0750. The molecule has 3 aromatic heterocycles. The lowest BCUT2D eigenvalue weighted by atomic mass is 10.1. The number of amides is 1. The van der Waals surface area contributed by atoms with Crippen molar-refractivity contribution >= 4 is 23.1 Å². The highest BCUT2D eigenvalue weighted by atomic mass is 32.1. The summed E-state index contributed by atoms with van der Waals surface area (Å²) in [6, 6.07) is 13.8. The molecule has 174 valence electrons. The third-order valence-electron chi connectivity index (χ3n) is 5.81. The standard InChI is InChI=1S/C25H26N6O2S/c1-3-33-20-8-6-19(7-9-20)21-16-22(27-17-26-21)29-12-14-30(15-13-29)24(32)23-18(2)28-25(34-23)31-10-4-5-11-31/h4-11,16-17H,3,12-15H2,1-2H3. The highest BCUT2D eigenvalue weighted by molar-refractivity contribution is 7.16. The molecule has 1 fully saturated rings. The molecule has 0 atom stereocenters. The van der Waals surface area contributed by atoms with Crippen LogP contribution in [0.15, 0.2) is 61.2 Å². The van der Waals surface area contributed by atoms with Gasteiger partial charge in [-0.15, -0.1) is 0 Å². The van der Waals surface area contributed by atoms with Crippen LogP contribution < -0.4 is 9.64 Å². The van der Waals surface area contributed by atoms with Crippen molar-refractivity contribution in [2.45, 2.75) is 13.8 Å². The molecule has 0 radical (unpaired) electrons. The lowest BCUT2D eigenvalue weighted by Crippen LogP contribution is -2.49. The van der Waals surface area contributed by atoms with Gasteiger partial charge in [-0.05, 0) is 50.2 Å². The molecule has 4 heterocycles. The molecule has 1 amide bonds. The summed E-state index contributed by atoms with van der Waals surface area (Å²) >= 11 is 1.44. The van der Waals surface area contributed by atoms with Gasteiger partial charge in [0.05, 0.1) is 18.0 Å². The minimum atomic E-state index is 0.0471. The van der Waals surface area contributed by atoms with Crippen LogP contribution in [0.5, 0.6) is 5.75 Å². The van der Waals surface area contributed by atoms with E-state index in [9.17, 15) is 4.79 Å². The van der Waals surface area contributed by atoms with Crippen LogP contribution in [0.3, 0.4) is 0 Å². The van der Waals surface area contributed by atoms with Crippen molar-refractivity contribution in [1.29, 1.82) is 0 Å². The quantitative estimate of drug-likeness (QED) is 0.420. The second kappa shape index (κ2) is 9.64. The molecule has 1 aliphatic heterocycles. The van der Waals surface area contributed by atoms with Crippen LogP contribution in [0, 0.1) is 6.92 Å². The number of carbonyl (C=O) groups excluding carboxylic acids is 1. The molecule has 1 saturated heterocycles. The summed E-state index contributed by atoms with van der Waals surface area (Å²) in [5, 5.41) is 0.812. The van der Waals surface area contributed by atoms with E-state index >= 15 is 0 Å². The second-order valence-corrected chi connectivity index (χ2v) is 8.98. The van der Waals surface area contributed by atoms with Gasteiger partial charge in [-0.1, -0.05) is 11.3 Å². The normalized spacial score (nSPS) is 13.8. The zero-order valence-electron chi connectivity index (χ0n) is 19.2. The number of rotatable bonds is 6. The van der Waals surface area contributed by atoms with Crippen LogP contribution in [0.4, 0.5) is 5.82 Å². The number of aryl methyl sites for hydroxylation is 1. The van der Waals surface area contributed by atoms with Gasteiger partial charge in [-0.25, -0.2) is 15.0 Å². The van der Waals surface area contributed by atoms with E-state index in [2.05, 4.69) is 19.9 Å². The number of benzene rings is 1. The fourth-order valence-corrected chi connectivity index (χ4v) is 5.00. The van der Waals surface area contributed by atoms with Crippen LogP contribution >= 0.6 is 11.3 Å². The number of carbonyl (C=O) groups is 1. The monoisotopic (exact) mass is 474 g/mol. The molecule has 9 heteroatoms. The van der Waals surface area contributed by atoms with Gasteiger partial charge in [0.15, 0.2) is 5.13 Å². The van der Waals surface area contributed by atoms with Crippen molar-refractivity contribution in [3.8, 4) is 22.1 Å². The van der Waals surface area contributed by atoms with Gasteiger partial charge in [-0.2, -0.15) is 0 Å². The SMILES string of the molecule is CCOc1ccc(-c2cc(N3CCN(C(=O)c4sc(-n5cccc5)nc4C)CC3)ncn2)cc1. The van der Waals surface area contributed by atoms with Crippen LogP contribution in [-0.4, -0.2) is 63.1 Å². The highest BCUT2D eigenvalue weighted by Crippen LogP contribution is 2.26. The average Bonchev–Trinajstić information content (AvgIpc) is 3.55. The Labute approximate surface area is 202 Å². The summed E-state index contributed by atoms with van der Waals surface area (Å²) < 4.78 is 7.46. The van der Waals surface area contributed by atoms with Crippen LogP contribution in [0.2, 0.25) is 0 Å². The zero-order chi connectivity index (χ0) is 23.5. The maximum atomic E-state index is 13.2. The van der Waals surface area contributed by atoms with Crippen LogP contribution in [-0.2, 0) is 0 Å². The van der Waals surface area contributed by atoms with Crippen molar-refractivity contribution in [1.82, 2.24) is 24.4 Å². The van der Waals surface area contributed by atoms with Crippen molar-refractivity contribution in [3.05, 3.63) is 71.8 Å². The van der Waals surface area contributed by atoms with Crippen LogP contribution in [0.25, 0.3) is 16.4 Å². The second-order valence-electron chi connectivity index (χ2n) is 8.00. The first-order valence-corrected chi connectivity index (χ1v) is 12.1. The molecule has 34 heavy (non-hydrogen) atoms. The van der Waals surface area contributed by atoms with Gasteiger partial charge in [-0.3, -0.25) is 4.79 Å². The molecule has 4 aromatic rings. The van der Waals surface area contributed by atoms with E-state index in [4.69, 9.17) is 4.74 Å². The smallest absolute Gasteiger partial charge is 0.266 e. The van der Waals surface area contributed by atoms with Crippen molar-refractivity contribution in [3.63, 3.8) is 0 Å². The fourth-order valence-electron chi connectivity index (χ4n) is 4.00. The molecule has 0 unspecified atom stereocenters. The Morgan fingerprint density at radius 1 is 1.06 bits per heavy atom. The number of ether oxygens (including phenoxy) is 1. The summed E-state index contributed by atoms with van der Waals surface area (Å²) in [5.41, 5.74) is 2.65. The number of piperazine rings is 1. The molecular weight excluding hydrogens is 448 g/mol. The summed E-state index contributed by atoms with van der Waals surface area (Å²) in [4.78, 5) is 31.5. The third-order valence-corrected chi connectivity index (χ3v) is 6.97. The summed E-state index contributed by atoms with van der Waals surface area (Å²) in [5.74, 6) is 1.76. The number of thiazole rings is 1.